The Balaban J connectivity index is 2.64. The van der Waals surface area contributed by atoms with Crippen LogP contribution in [-0.4, -0.2) is 0 Å². The van der Waals surface area contributed by atoms with Crippen LogP contribution in [0.4, 0.5) is 0 Å². The van der Waals surface area contributed by atoms with E-state index in [0.717, 1.165) is 5.92 Å². The summed E-state index contributed by atoms with van der Waals surface area (Å²) in [7, 11) is 0. The van der Waals surface area contributed by atoms with E-state index in [1.165, 1.54) is 43.3 Å². The van der Waals surface area contributed by atoms with Crippen molar-refractivity contribution in [3.05, 3.63) is 35.5 Å². The molecule has 0 amide bonds. The fourth-order valence-electron chi connectivity index (χ4n) is 1.93. The highest BCUT2D eigenvalue weighted by Crippen LogP contribution is 2.18. The molecule has 0 heteroatoms. The Bertz CT molecular complexity index is 266. The van der Waals surface area contributed by atoms with E-state index in [9.17, 15) is 0 Å². The lowest BCUT2D eigenvalue weighted by Crippen LogP contribution is -1.95. The van der Waals surface area contributed by atoms with E-state index in [1.807, 2.05) is 0 Å². The smallest absolute Gasteiger partial charge is 0.0317 e. The summed E-state index contributed by atoms with van der Waals surface area (Å²) in [6, 6.07) is 0. The first-order chi connectivity index (χ1) is 7.18. The summed E-state index contributed by atoms with van der Waals surface area (Å²) < 4.78 is 0. The van der Waals surface area contributed by atoms with Crippen molar-refractivity contribution in [2.24, 2.45) is 5.92 Å². The quantitative estimate of drug-likeness (QED) is 0.519. The molecule has 0 heterocycles. The van der Waals surface area contributed by atoms with Gasteiger partial charge in [-0.15, -0.1) is 0 Å². The van der Waals surface area contributed by atoms with Crippen LogP contribution in [0.3, 0.4) is 0 Å². The zero-order valence-electron chi connectivity index (χ0n) is 10.4. The van der Waals surface area contributed by atoms with E-state index in [1.54, 1.807) is 0 Å². The summed E-state index contributed by atoms with van der Waals surface area (Å²) in [6.45, 7) is 6.81. The molecule has 0 N–H and O–H groups in total. The van der Waals surface area contributed by atoms with Crippen LogP contribution in [0.1, 0.15) is 52.9 Å². The third-order valence-corrected chi connectivity index (χ3v) is 3.14. The van der Waals surface area contributed by atoms with Gasteiger partial charge in [-0.25, -0.2) is 0 Å². The lowest BCUT2D eigenvalue weighted by molar-refractivity contribution is 0.476. The van der Waals surface area contributed by atoms with Crippen LogP contribution in [0.25, 0.3) is 0 Å². The van der Waals surface area contributed by atoms with E-state index in [-0.39, 0.29) is 0 Å². The van der Waals surface area contributed by atoms with Crippen molar-refractivity contribution in [1.82, 2.24) is 0 Å². The Labute approximate surface area is 94.8 Å². The first kappa shape index (κ1) is 12.3. The molecule has 1 atom stereocenters. The molecule has 0 fully saturated rings. The Morgan fingerprint density at radius 2 is 2.00 bits per heavy atom. The van der Waals surface area contributed by atoms with Crippen molar-refractivity contribution in [2.75, 3.05) is 0 Å². The highest BCUT2D eigenvalue weighted by Gasteiger charge is 2.02. The van der Waals surface area contributed by atoms with E-state index in [2.05, 4.69) is 45.1 Å². The predicted octanol–water partition coefficient (Wildman–Crippen LogP) is 5.04. The third-order valence-electron chi connectivity index (χ3n) is 3.14. The second-order valence-corrected chi connectivity index (χ2v) is 4.90. The normalized spacial score (nSPS) is 33.9. The van der Waals surface area contributed by atoms with Crippen molar-refractivity contribution in [3.63, 3.8) is 0 Å². The molecule has 0 aromatic rings. The van der Waals surface area contributed by atoms with Crippen molar-refractivity contribution < 1.29 is 0 Å². The Morgan fingerprint density at radius 3 is 2.80 bits per heavy atom. The highest BCUT2D eigenvalue weighted by atomic mass is 14.1. The molecule has 0 saturated heterocycles. The summed E-state index contributed by atoms with van der Waals surface area (Å²) in [6.07, 6.45) is 15.6. The predicted molar refractivity (Wildman–Crippen MR) is 68.9 cm³/mol. The minimum absolute atomic E-state index is 0.880. The molecule has 84 valence electrons. The van der Waals surface area contributed by atoms with Crippen LogP contribution in [-0.2, 0) is 0 Å². The summed E-state index contributed by atoms with van der Waals surface area (Å²) in [5.74, 6) is 0.880. The monoisotopic (exact) mass is 204 g/mol. The molecule has 15 heavy (non-hydrogen) atoms. The lowest BCUT2D eigenvalue weighted by Gasteiger charge is -2.11. The van der Waals surface area contributed by atoms with E-state index in [0.29, 0.717) is 0 Å². The number of hydrogen-bond acceptors (Lipinski definition) is 0. The maximum absolute atomic E-state index is 2.38. The highest BCUT2D eigenvalue weighted by molar-refractivity contribution is 5.22. The third kappa shape index (κ3) is 5.61. The van der Waals surface area contributed by atoms with Gasteiger partial charge in [-0.3, -0.25) is 0 Å². The van der Waals surface area contributed by atoms with Gasteiger partial charge in [-0.1, -0.05) is 48.8 Å². The van der Waals surface area contributed by atoms with Crippen molar-refractivity contribution in [3.8, 4) is 0 Å². The van der Waals surface area contributed by atoms with Crippen molar-refractivity contribution in [1.29, 1.82) is 0 Å². The van der Waals surface area contributed by atoms with E-state index < -0.39 is 0 Å². The molecule has 0 spiro atoms. The molecule has 1 aliphatic rings. The second-order valence-electron chi connectivity index (χ2n) is 4.90. The summed E-state index contributed by atoms with van der Waals surface area (Å²) >= 11 is 0. The lowest BCUT2D eigenvalue weighted by atomic mass is 9.95. The van der Waals surface area contributed by atoms with Gasteiger partial charge in [0, 0.05) is 0 Å². The molecular formula is C15H24. The van der Waals surface area contributed by atoms with Gasteiger partial charge in [-0.2, -0.15) is 0 Å². The average molecular weight is 204 g/mol. The molecule has 0 bridgehead atoms. The maximum atomic E-state index is 2.38. The number of rotatable bonds is 0. The maximum Gasteiger partial charge on any atom is -0.0317 e. The van der Waals surface area contributed by atoms with Gasteiger partial charge >= 0.3 is 0 Å². The molecular weight excluding hydrogens is 180 g/mol. The molecule has 0 nitrogen and oxygen atoms in total. The number of allylic oxidation sites excluding steroid dienone is 6. The molecule has 0 radical (unpaired) electrons. The van der Waals surface area contributed by atoms with Crippen LogP contribution in [0.5, 0.6) is 0 Å². The molecule has 0 aromatic heterocycles. The Morgan fingerprint density at radius 1 is 1.20 bits per heavy atom. The topological polar surface area (TPSA) is 0 Å². The SMILES string of the molecule is CC1=C/CCCC(C)CC\C(C)=C/C=C\1. The average Bonchev–Trinajstić information content (AvgIpc) is 2.20. The first-order valence-electron chi connectivity index (χ1n) is 6.19. The second kappa shape index (κ2) is 6.66. The summed E-state index contributed by atoms with van der Waals surface area (Å²) in [5, 5.41) is 0. The van der Waals surface area contributed by atoms with Gasteiger partial charge < -0.3 is 0 Å². The van der Waals surface area contributed by atoms with Gasteiger partial charge in [0.25, 0.3) is 0 Å². The van der Waals surface area contributed by atoms with E-state index >= 15 is 0 Å². The minimum atomic E-state index is 0.880. The molecule has 0 aliphatic heterocycles. The van der Waals surface area contributed by atoms with Crippen LogP contribution in [0.15, 0.2) is 35.5 Å². The van der Waals surface area contributed by atoms with Crippen LogP contribution >= 0.6 is 0 Å². The Kier molecular flexibility index (Phi) is 5.45. The molecule has 1 unspecified atom stereocenters. The van der Waals surface area contributed by atoms with Gasteiger partial charge in [0.15, 0.2) is 0 Å². The van der Waals surface area contributed by atoms with Gasteiger partial charge in [0.1, 0.15) is 0 Å². The zero-order valence-corrected chi connectivity index (χ0v) is 10.4. The summed E-state index contributed by atoms with van der Waals surface area (Å²) in [4.78, 5) is 0. The fraction of sp³-hybridized carbons (Fsp3) is 0.600. The number of hydrogen-bond donors (Lipinski definition) is 0. The van der Waals surface area contributed by atoms with E-state index in [4.69, 9.17) is 0 Å². The molecule has 0 saturated carbocycles. The van der Waals surface area contributed by atoms with Crippen molar-refractivity contribution >= 4 is 0 Å². The standard InChI is InChI=1S/C15H24/c1-13-7-4-5-8-14(2)11-12-15(3)10-6-9-13/h6-7,9-10,14H,4-5,8,11-12H2,1-3H3/b9-6-,13-7-,15-10-. The largest absolute Gasteiger partial charge is 0.0816 e. The Hall–Kier alpha value is -0.780. The van der Waals surface area contributed by atoms with Gasteiger partial charge in [0.05, 0.1) is 0 Å². The minimum Gasteiger partial charge on any atom is -0.0816 e. The van der Waals surface area contributed by atoms with Crippen molar-refractivity contribution in [2.45, 2.75) is 52.9 Å². The van der Waals surface area contributed by atoms with Gasteiger partial charge in [-0.05, 0) is 45.4 Å². The molecule has 1 aliphatic carbocycles. The van der Waals surface area contributed by atoms with Crippen LogP contribution < -0.4 is 0 Å². The summed E-state index contributed by atoms with van der Waals surface area (Å²) in [5.41, 5.74) is 2.90. The van der Waals surface area contributed by atoms with Crippen LogP contribution in [0.2, 0.25) is 0 Å². The fourth-order valence-corrected chi connectivity index (χ4v) is 1.93. The first-order valence-corrected chi connectivity index (χ1v) is 6.19. The molecule has 1 rings (SSSR count). The zero-order chi connectivity index (χ0) is 11.1. The molecule has 0 aromatic carbocycles. The van der Waals surface area contributed by atoms with Gasteiger partial charge in [0.2, 0.25) is 0 Å². The van der Waals surface area contributed by atoms with Crippen LogP contribution in [0, 0.1) is 5.92 Å².